The number of rotatable bonds is 6. The van der Waals surface area contributed by atoms with Gasteiger partial charge in [0.2, 0.25) is 0 Å². The van der Waals surface area contributed by atoms with E-state index in [9.17, 15) is 9.65 Å². The van der Waals surface area contributed by atoms with E-state index in [0.29, 0.717) is 29.3 Å². The number of nitrogens with one attached hydrogen (secondary N) is 2. The molecule has 208 valence electrons. The van der Waals surface area contributed by atoms with Crippen LogP contribution in [0.25, 0.3) is 10.9 Å². The molecule has 2 aromatic carbocycles. The van der Waals surface area contributed by atoms with Gasteiger partial charge in [-0.2, -0.15) is 5.26 Å². The molecular weight excluding hydrogens is 510 g/mol. The largest absolute Gasteiger partial charge is 0.496 e. The third-order valence-corrected chi connectivity index (χ3v) is 7.46. The van der Waals surface area contributed by atoms with Gasteiger partial charge >= 0.3 is 0 Å². The summed E-state index contributed by atoms with van der Waals surface area (Å²) in [5.74, 6) is -0.203. The second kappa shape index (κ2) is 11.9. The summed E-state index contributed by atoms with van der Waals surface area (Å²) < 4.78 is 35.8. The minimum Gasteiger partial charge on any atom is -0.496 e. The Kier molecular flexibility index (Phi) is 8.17. The number of aromatic nitrogens is 1. The summed E-state index contributed by atoms with van der Waals surface area (Å²) in [6.07, 6.45) is 4.42. The number of piperazine rings is 1. The van der Waals surface area contributed by atoms with Crippen LogP contribution < -0.4 is 10.2 Å². The number of amidine groups is 1. The fourth-order valence-electron chi connectivity index (χ4n) is 5.19. The number of likely N-dealkylation sites (N-methyl/N-ethyl adjacent to an activating group) is 1. The highest BCUT2D eigenvalue weighted by molar-refractivity contribution is 6.11. The predicted molar refractivity (Wildman–Crippen MR) is 155 cm³/mol. The van der Waals surface area contributed by atoms with Gasteiger partial charge in [0.25, 0.3) is 0 Å². The molecule has 2 aliphatic rings. The molecule has 9 heteroatoms. The van der Waals surface area contributed by atoms with E-state index >= 15 is 4.39 Å². The van der Waals surface area contributed by atoms with Gasteiger partial charge in [-0.3, -0.25) is 0 Å². The maximum absolute atomic E-state index is 15.1. The molecule has 2 N–H and O–H groups in total. The summed E-state index contributed by atoms with van der Waals surface area (Å²) in [5, 5.41) is 13.7. The highest BCUT2D eigenvalue weighted by Gasteiger charge is 2.23. The van der Waals surface area contributed by atoms with Crippen LogP contribution >= 0.6 is 0 Å². The highest BCUT2D eigenvalue weighted by atomic mass is 19.1. The number of H-pyrrole nitrogens is 1. The number of anilines is 2. The molecule has 1 saturated heterocycles. The number of aryl methyl sites for hydroxylation is 1. The van der Waals surface area contributed by atoms with Gasteiger partial charge in [0.05, 0.1) is 12.1 Å². The van der Waals surface area contributed by atoms with Gasteiger partial charge in [0, 0.05) is 67.2 Å². The summed E-state index contributed by atoms with van der Waals surface area (Å²) in [6.45, 7) is 7.73. The van der Waals surface area contributed by atoms with Crippen LogP contribution in [0.4, 0.5) is 20.2 Å². The topological polar surface area (TPSA) is 79.7 Å². The SMILES string of the molecule is Cc1cc2c(F)c(CCOC3=C(C#N)C(Nc4cccc(N5CCN(C)CC5)c4)=NC=CCC3C)cc(F)c2[nH]1. The Hall–Kier alpha value is -4.16. The lowest BCUT2D eigenvalue weighted by Gasteiger charge is -2.34. The molecule has 0 saturated carbocycles. The molecular formula is C31H34F2N6O. The number of nitrogens with zero attached hydrogens (tertiary/aromatic N) is 4. The predicted octanol–water partition coefficient (Wildman–Crippen LogP) is 5.91. The van der Waals surface area contributed by atoms with Crippen LogP contribution in [0.15, 0.2) is 65.0 Å². The van der Waals surface area contributed by atoms with Crippen molar-refractivity contribution in [3.63, 3.8) is 0 Å². The van der Waals surface area contributed by atoms with Crippen molar-refractivity contribution in [1.82, 2.24) is 9.88 Å². The zero-order chi connectivity index (χ0) is 28.2. The standard InChI is InChI=1S/C31H34F2N6O/c1-20-6-5-10-35-31(37-23-7-4-8-24(18-23)39-13-11-38(3)12-14-39)26(19-34)30(20)40-15-9-22-17-27(32)29-25(28(22)33)16-21(2)36-29/h4-5,7-8,10,16-18,20,36H,6,9,11-15H2,1-3H3,(H,35,37). The van der Waals surface area contributed by atoms with Gasteiger partial charge in [-0.05, 0) is 56.3 Å². The van der Waals surface area contributed by atoms with Crippen molar-refractivity contribution in [2.75, 3.05) is 50.1 Å². The van der Waals surface area contributed by atoms with E-state index in [2.05, 4.69) is 50.3 Å². The average Bonchev–Trinajstić information content (AvgIpc) is 3.35. The van der Waals surface area contributed by atoms with E-state index in [1.165, 1.54) is 6.07 Å². The van der Waals surface area contributed by atoms with Crippen LogP contribution in [0.3, 0.4) is 0 Å². The fourth-order valence-corrected chi connectivity index (χ4v) is 5.19. The normalized spacial score (nSPS) is 18.4. The first-order valence-electron chi connectivity index (χ1n) is 13.6. The molecule has 7 nitrogen and oxygen atoms in total. The van der Waals surface area contributed by atoms with E-state index in [4.69, 9.17) is 4.74 Å². The van der Waals surface area contributed by atoms with Crippen LogP contribution in [-0.2, 0) is 11.2 Å². The molecule has 1 atom stereocenters. The zero-order valence-electron chi connectivity index (χ0n) is 23.1. The number of hydrogen-bond acceptors (Lipinski definition) is 6. The molecule has 0 amide bonds. The lowest BCUT2D eigenvalue weighted by Crippen LogP contribution is -2.44. The molecule has 1 fully saturated rings. The number of ether oxygens (including phenoxy) is 1. The lowest BCUT2D eigenvalue weighted by molar-refractivity contribution is 0.182. The number of allylic oxidation sites excluding steroid dienone is 2. The second-order valence-corrected chi connectivity index (χ2v) is 10.5. The molecule has 40 heavy (non-hydrogen) atoms. The minimum atomic E-state index is -0.502. The first kappa shape index (κ1) is 27.4. The van der Waals surface area contributed by atoms with Crippen molar-refractivity contribution in [1.29, 1.82) is 5.26 Å². The Balaban J connectivity index is 1.36. The van der Waals surface area contributed by atoms with E-state index in [1.54, 1.807) is 19.2 Å². The number of fused-ring (bicyclic) bond motifs is 1. The van der Waals surface area contributed by atoms with Gasteiger partial charge in [-0.15, -0.1) is 0 Å². The van der Waals surface area contributed by atoms with Crippen LogP contribution in [0.5, 0.6) is 0 Å². The molecule has 5 rings (SSSR count). The first-order valence-corrected chi connectivity index (χ1v) is 13.6. The molecule has 1 unspecified atom stereocenters. The maximum atomic E-state index is 15.1. The molecule has 3 aromatic rings. The summed E-state index contributed by atoms with van der Waals surface area (Å²) in [5.41, 5.74) is 3.31. The van der Waals surface area contributed by atoms with Crippen LogP contribution in [-0.4, -0.2) is 55.6 Å². The molecule has 0 aliphatic carbocycles. The molecule has 3 heterocycles. The molecule has 2 aliphatic heterocycles. The molecule has 0 bridgehead atoms. The van der Waals surface area contributed by atoms with E-state index in [0.717, 1.165) is 37.6 Å². The quantitative estimate of drug-likeness (QED) is 0.404. The molecule has 0 spiro atoms. The summed E-state index contributed by atoms with van der Waals surface area (Å²) in [4.78, 5) is 12.0. The monoisotopic (exact) mass is 544 g/mol. The van der Waals surface area contributed by atoms with Crippen molar-refractivity contribution >= 4 is 28.1 Å². The number of benzene rings is 2. The smallest absolute Gasteiger partial charge is 0.151 e. The van der Waals surface area contributed by atoms with Gasteiger partial charge in [0.15, 0.2) is 5.84 Å². The number of hydrogen-bond donors (Lipinski definition) is 2. The van der Waals surface area contributed by atoms with Crippen LogP contribution in [0.2, 0.25) is 0 Å². The molecule has 1 aromatic heterocycles. The van der Waals surface area contributed by atoms with Crippen molar-refractivity contribution in [3.8, 4) is 6.07 Å². The highest BCUT2D eigenvalue weighted by Crippen LogP contribution is 2.28. The minimum absolute atomic E-state index is 0.0893. The summed E-state index contributed by atoms with van der Waals surface area (Å²) >= 11 is 0. The fraction of sp³-hybridized carbons (Fsp3) is 0.355. The number of aliphatic imine (C=N–C) groups is 1. The Labute approximate surface area is 233 Å². The number of nitriles is 1. The van der Waals surface area contributed by atoms with Gasteiger partial charge in [0.1, 0.15) is 29.0 Å². The third kappa shape index (κ3) is 5.87. The Morgan fingerprint density at radius 1 is 1.18 bits per heavy atom. The van der Waals surface area contributed by atoms with Crippen molar-refractivity contribution in [2.24, 2.45) is 10.9 Å². The number of aromatic amines is 1. The maximum Gasteiger partial charge on any atom is 0.151 e. The first-order chi connectivity index (χ1) is 19.3. The third-order valence-electron chi connectivity index (χ3n) is 7.46. The van der Waals surface area contributed by atoms with Gasteiger partial charge in [-0.25, -0.2) is 13.8 Å². The van der Waals surface area contributed by atoms with Crippen molar-refractivity contribution in [2.45, 2.75) is 26.7 Å². The van der Waals surface area contributed by atoms with Gasteiger partial charge < -0.3 is 24.8 Å². The zero-order valence-corrected chi connectivity index (χ0v) is 23.1. The summed E-state index contributed by atoms with van der Waals surface area (Å²) in [6, 6.07) is 13.2. The number of halogens is 2. The lowest BCUT2D eigenvalue weighted by atomic mass is 9.99. The van der Waals surface area contributed by atoms with E-state index in [-0.39, 0.29) is 35.4 Å². The van der Waals surface area contributed by atoms with Crippen LogP contribution in [0.1, 0.15) is 24.6 Å². The summed E-state index contributed by atoms with van der Waals surface area (Å²) in [7, 11) is 2.13. The average molecular weight is 545 g/mol. The van der Waals surface area contributed by atoms with E-state index < -0.39 is 11.6 Å². The Morgan fingerprint density at radius 3 is 2.75 bits per heavy atom. The van der Waals surface area contributed by atoms with Crippen molar-refractivity contribution < 1.29 is 13.5 Å². The Bertz CT molecular complexity index is 1520. The Morgan fingerprint density at radius 2 is 1.98 bits per heavy atom. The van der Waals surface area contributed by atoms with Crippen molar-refractivity contribution in [3.05, 3.63) is 82.9 Å². The van der Waals surface area contributed by atoms with Gasteiger partial charge in [-0.1, -0.05) is 19.1 Å². The van der Waals surface area contributed by atoms with E-state index in [1.807, 2.05) is 25.1 Å². The van der Waals surface area contributed by atoms with Crippen LogP contribution in [0, 0.1) is 35.8 Å². The molecule has 0 radical (unpaired) electrons. The second-order valence-electron chi connectivity index (χ2n) is 10.5.